The van der Waals surface area contributed by atoms with E-state index in [1.54, 1.807) is 43.3 Å². The molecule has 1 aliphatic rings. The van der Waals surface area contributed by atoms with E-state index >= 15 is 0 Å². The van der Waals surface area contributed by atoms with Crippen LogP contribution in [-0.4, -0.2) is 25.3 Å². The number of carbonyl (C=O) groups excluding carboxylic acids is 1. The summed E-state index contributed by atoms with van der Waals surface area (Å²) in [6.07, 6.45) is 1.67. The van der Waals surface area contributed by atoms with Crippen LogP contribution in [0.15, 0.2) is 35.3 Å². The van der Waals surface area contributed by atoms with Crippen LogP contribution in [0.5, 0.6) is 0 Å². The Bertz CT molecular complexity index is 1090. The summed E-state index contributed by atoms with van der Waals surface area (Å²) in [4.78, 5) is 35.8. The van der Waals surface area contributed by atoms with Gasteiger partial charge in [-0.25, -0.2) is 4.98 Å². The van der Waals surface area contributed by atoms with Crippen molar-refractivity contribution in [2.75, 3.05) is 0 Å². The van der Waals surface area contributed by atoms with Crippen molar-refractivity contribution in [3.63, 3.8) is 0 Å². The van der Waals surface area contributed by atoms with Gasteiger partial charge < -0.3 is 4.90 Å². The van der Waals surface area contributed by atoms with E-state index in [1.807, 2.05) is 6.07 Å². The van der Waals surface area contributed by atoms with E-state index < -0.39 is 0 Å². The lowest BCUT2D eigenvalue weighted by atomic mass is 10.1. The molecule has 0 aliphatic carbocycles. The number of rotatable bonds is 1. The van der Waals surface area contributed by atoms with Crippen LogP contribution in [0.3, 0.4) is 0 Å². The molecule has 0 radical (unpaired) electrons. The Morgan fingerprint density at radius 3 is 2.84 bits per heavy atom. The minimum Gasteiger partial charge on any atom is -0.328 e. The SMILES string of the molecule is Cc1nc2c(c(=O)n1C)CN(C(=O)c1c(Cl)ccc3ncccc13)C2. The fourth-order valence-electron chi connectivity index (χ4n) is 3.17. The van der Waals surface area contributed by atoms with Gasteiger partial charge in [0.05, 0.1) is 40.4 Å². The van der Waals surface area contributed by atoms with Crippen LogP contribution < -0.4 is 5.56 Å². The predicted molar refractivity (Wildman–Crippen MR) is 94.5 cm³/mol. The van der Waals surface area contributed by atoms with Crippen LogP contribution in [0.25, 0.3) is 10.9 Å². The highest BCUT2D eigenvalue weighted by molar-refractivity contribution is 6.35. The molecular formula is C18H15ClN4O2. The summed E-state index contributed by atoms with van der Waals surface area (Å²) in [6, 6.07) is 7.06. The van der Waals surface area contributed by atoms with E-state index in [4.69, 9.17) is 11.6 Å². The number of halogens is 1. The third-order valence-corrected chi connectivity index (χ3v) is 4.93. The van der Waals surface area contributed by atoms with Crippen LogP contribution in [-0.2, 0) is 20.1 Å². The van der Waals surface area contributed by atoms with Crippen molar-refractivity contribution in [2.24, 2.45) is 7.05 Å². The minimum absolute atomic E-state index is 0.108. The Morgan fingerprint density at radius 1 is 1.24 bits per heavy atom. The van der Waals surface area contributed by atoms with E-state index in [1.165, 1.54) is 4.57 Å². The van der Waals surface area contributed by atoms with Crippen molar-refractivity contribution in [1.82, 2.24) is 19.4 Å². The van der Waals surface area contributed by atoms with Crippen LogP contribution >= 0.6 is 11.6 Å². The first kappa shape index (κ1) is 15.8. The molecule has 1 aliphatic heterocycles. The van der Waals surface area contributed by atoms with Crippen LogP contribution in [0.2, 0.25) is 5.02 Å². The molecule has 126 valence electrons. The summed E-state index contributed by atoms with van der Waals surface area (Å²) in [5.41, 5.74) is 2.23. The lowest BCUT2D eigenvalue weighted by molar-refractivity contribution is 0.0752. The number of fused-ring (bicyclic) bond motifs is 2. The maximum absolute atomic E-state index is 13.1. The largest absolute Gasteiger partial charge is 0.328 e. The van der Waals surface area contributed by atoms with Crippen LogP contribution in [0.1, 0.15) is 27.4 Å². The summed E-state index contributed by atoms with van der Waals surface area (Å²) in [5.74, 6) is 0.409. The maximum Gasteiger partial charge on any atom is 0.258 e. The third kappa shape index (κ3) is 2.41. The first-order chi connectivity index (χ1) is 12.0. The zero-order chi connectivity index (χ0) is 17.7. The van der Waals surface area contributed by atoms with Gasteiger partial charge >= 0.3 is 0 Å². The molecule has 0 atom stereocenters. The fraction of sp³-hybridized carbons (Fsp3) is 0.222. The van der Waals surface area contributed by atoms with Gasteiger partial charge in [-0.15, -0.1) is 0 Å². The van der Waals surface area contributed by atoms with Gasteiger partial charge in [-0.2, -0.15) is 0 Å². The molecule has 0 saturated carbocycles. The smallest absolute Gasteiger partial charge is 0.258 e. The zero-order valence-electron chi connectivity index (χ0n) is 13.8. The number of carbonyl (C=O) groups is 1. The molecule has 6 nitrogen and oxygen atoms in total. The highest BCUT2D eigenvalue weighted by Crippen LogP contribution is 2.29. The minimum atomic E-state index is -0.221. The van der Waals surface area contributed by atoms with E-state index in [0.717, 1.165) is 0 Å². The number of hydrogen-bond acceptors (Lipinski definition) is 4. The van der Waals surface area contributed by atoms with Gasteiger partial charge in [-0.05, 0) is 25.1 Å². The zero-order valence-corrected chi connectivity index (χ0v) is 14.5. The Labute approximate surface area is 148 Å². The number of nitrogens with zero attached hydrogens (tertiary/aromatic N) is 4. The maximum atomic E-state index is 13.1. The first-order valence-electron chi connectivity index (χ1n) is 7.85. The number of hydrogen-bond donors (Lipinski definition) is 0. The first-order valence-corrected chi connectivity index (χ1v) is 8.23. The Balaban J connectivity index is 1.78. The molecule has 25 heavy (non-hydrogen) atoms. The van der Waals surface area contributed by atoms with Gasteiger partial charge in [0.15, 0.2) is 0 Å². The molecule has 0 N–H and O–H groups in total. The number of benzene rings is 1. The highest BCUT2D eigenvalue weighted by atomic mass is 35.5. The van der Waals surface area contributed by atoms with Crippen LogP contribution in [0.4, 0.5) is 0 Å². The molecule has 3 heterocycles. The van der Waals surface area contributed by atoms with Gasteiger partial charge in [0.2, 0.25) is 0 Å². The summed E-state index contributed by atoms with van der Waals surface area (Å²) in [5, 5.41) is 1.08. The predicted octanol–water partition coefficient (Wildman–Crippen LogP) is 2.45. The van der Waals surface area contributed by atoms with Crippen LogP contribution in [0, 0.1) is 6.92 Å². The molecule has 1 amide bonds. The molecular weight excluding hydrogens is 340 g/mol. The van der Waals surface area contributed by atoms with Gasteiger partial charge in [0, 0.05) is 18.6 Å². The fourth-order valence-corrected chi connectivity index (χ4v) is 3.42. The number of aryl methyl sites for hydroxylation is 1. The Hall–Kier alpha value is -2.73. The lowest BCUT2D eigenvalue weighted by Gasteiger charge is -2.17. The van der Waals surface area contributed by atoms with E-state index in [0.29, 0.717) is 45.1 Å². The summed E-state index contributed by atoms with van der Waals surface area (Å²) < 4.78 is 1.50. The molecule has 0 spiro atoms. The molecule has 1 aromatic carbocycles. The molecule has 0 unspecified atom stereocenters. The number of pyridine rings is 1. The Morgan fingerprint density at radius 2 is 2.04 bits per heavy atom. The number of amides is 1. The Kier molecular flexibility index (Phi) is 3.58. The average molecular weight is 355 g/mol. The topological polar surface area (TPSA) is 68.1 Å². The standard InChI is InChI=1S/C18H15ClN4O2/c1-10-21-15-9-23(8-12(15)17(24)22(10)2)18(25)16-11-4-3-7-20-14(11)6-5-13(16)19/h3-7H,8-9H2,1-2H3. The molecule has 3 aromatic rings. The van der Waals surface area contributed by atoms with Crippen molar-refractivity contribution >= 4 is 28.4 Å². The number of aromatic nitrogens is 3. The second-order valence-electron chi connectivity index (χ2n) is 6.10. The van der Waals surface area contributed by atoms with Crippen molar-refractivity contribution in [2.45, 2.75) is 20.0 Å². The quantitative estimate of drug-likeness (QED) is 0.673. The molecule has 0 saturated heterocycles. The average Bonchev–Trinajstić information content (AvgIpc) is 3.03. The normalized spacial score (nSPS) is 13.3. The second kappa shape index (κ2) is 5.67. The summed E-state index contributed by atoms with van der Waals surface area (Å²) in [6.45, 7) is 2.32. The molecule has 0 bridgehead atoms. The van der Waals surface area contributed by atoms with Gasteiger partial charge in [0.1, 0.15) is 5.82 Å². The van der Waals surface area contributed by atoms with Gasteiger partial charge in [-0.3, -0.25) is 19.1 Å². The molecule has 4 rings (SSSR count). The highest BCUT2D eigenvalue weighted by Gasteiger charge is 2.30. The van der Waals surface area contributed by atoms with E-state index in [-0.39, 0.29) is 18.0 Å². The van der Waals surface area contributed by atoms with Crippen molar-refractivity contribution in [1.29, 1.82) is 0 Å². The van der Waals surface area contributed by atoms with E-state index in [9.17, 15) is 9.59 Å². The van der Waals surface area contributed by atoms with Gasteiger partial charge in [-0.1, -0.05) is 17.7 Å². The van der Waals surface area contributed by atoms with Crippen molar-refractivity contribution in [3.8, 4) is 0 Å². The van der Waals surface area contributed by atoms with Crippen molar-refractivity contribution < 1.29 is 4.79 Å². The third-order valence-electron chi connectivity index (χ3n) is 4.62. The molecule has 2 aromatic heterocycles. The van der Waals surface area contributed by atoms with Gasteiger partial charge in [0.25, 0.3) is 11.5 Å². The second-order valence-corrected chi connectivity index (χ2v) is 6.51. The monoisotopic (exact) mass is 354 g/mol. The summed E-state index contributed by atoms with van der Waals surface area (Å²) >= 11 is 6.31. The van der Waals surface area contributed by atoms with E-state index in [2.05, 4.69) is 9.97 Å². The lowest BCUT2D eigenvalue weighted by Crippen LogP contribution is -2.28. The van der Waals surface area contributed by atoms with Crippen molar-refractivity contribution in [3.05, 3.63) is 68.5 Å². The molecule has 7 heteroatoms. The summed E-state index contributed by atoms with van der Waals surface area (Å²) in [7, 11) is 1.68. The molecule has 0 fully saturated rings.